The first-order valence-corrected chi connectivity index (χ1v) is 10.9. The number of nitriles is 1. The average molecular weight is 463 g/mol. The number of nitrogens with two attached hydrogens (primary N) is 1. The first-order valence-electron chi connectivity index (χ1n) is 10.9. The van der Waals surface area contributed by atoms with Crippen molar-refractivity contribution in [3.8, 4) is 11.9 Å². The zero-order chi connectivity index (χ0) is 24.6. The number of benzene rings is 1. The lowest BCUT2D eigenvalue weighted by Crippen LogP contribution is -2.49. The van der Waals surface area contributed by atoms with Crippen molar-refractivity contribution in [1.82, 2.24) is 18.3 Å². The molecule has 4 rings (SSSR count). The number of hydrogen-bond acceptors (Lipinski definition) is 7. The topological polar surface area (TPSA) is 141 Å². The minimum absolute atomic E-state index is 0.00980. The molecule has 3 heterocycles. The summed E-state index contributed by atoms with van der Waals surface area (Å²) < 4.78 is 4.32. The SMILES string of the molecule is Cn1c(=O)cc(-n2c(N3CCC[C@@H](N)C3)cc(=O)n(C)c2=O)n(Cc2ccccc2C#N)c1=O. The molecule has 0 unspecified atom stereocenters. The van der Waals surface area contributed by atoms with Crippen LogP contribution in [0.4, 0.5) is 5.82 Å². The van der Waals surface area contributed by atoms with Crippen LogP contribution in [0.1, 0.15) is 24.0 Å². The molecule has 0 saturated carbocycles. The van der Waals surface area contributed by atoms with Crippen molar-refractivity contribution < 1.29 is 0 Å². The second-order valence-corrected chi connectivity index (χ2v) is 8.40. The molecule has 1 aliphatic rings. The summed E-state index contributed by atoms with van der Waals surface area (Å²) in [5.74, 6) is 0.272. The van der Waals surface area contributed by atoms with Crippen molar-refractivity contribution in [2.45, 2.75) is 25.4 Å². The van der Waals surface area contributed by atoms with Crippen molar-refractivity contribution >= 4 is 5.82 Å². The molecule has 1 aliphatic heterocycles. The van der Waals surface area contributed by atoms with Crippen LogP contribution in [0.5, 0.6) is 0 Å². The van der Waals surface area contributed by atoms with E-state index in [2.05, 4.69) is 6.07 Å². The lowest BCUT2D eigenvalue weighted by molar-refractivity contribution is 0.495. The second-order valence-electron chi connectivity index (χ2n) is 8.40. The molecule has 2 N–H and O–H groups in total. The first kappa shape index (κ1) is 23.0. The van der Waals surface area contributed by atoms with Gasteiger partial charge >= 0.3 is 11.4 Å². The molecule has 1 saturated heterocycles. The minimum Gasteiger partial charge on any atom is -0.356 e. The zero-order valence-corrected chi connectivity index (χ0v) is 19.0. The van der Waals surface area contributed by atoms with E-state index in [0.29, 0.717) is 24.2 Å². The number of piperidine rings is 1. The number of nitrogens with zero attached hydrogens (tertiary/aromatic N) is 6. The summed E-state index contributed by atoms with van der Waals surface area (Å²) in [6.07, 6.45) is 1.58. The maximum absolute atomic E-state index is 13.4. The molecule has 0 spiro atoms. The van der Waals surface area contributed by atoms with Crippen LogP contribution in [0.3, 0.4) is 0 Å². The van der Waals surface area contributed by atoms with E-state index >= 15 is 0 Å². The van der Waals surface area contributed by atoms with Crippen molar-refractivity contribution in [1.29, 1.82) is 5.26 Å². The minimum atomic E-state index is -0.698. The number of hydrogen-bond donors (Lipinski definition) is 1. The molecule has 1 atom stereocenters. The fourth-order valence-corrected chi connectivity index (χ4v) is 4.21. The van der Waals surface area contributed by atoms with E-state index in [9.17, 15) is 24.4 Å². The van der Waals surface area contributed by atoms with E-state index in [0.717, 1.165) is 22.0 Å². The summed E-state index contributed by atoms with van der Waals surface area (Å²) in [5, 5.41) is 9.50. The van der Waals surface area contributed by atoms with Gasteiger partial charge in [-0.15, -0.1) is 0 Å². The highest BCUT2D eigenvalue weighted by molar-refractivity contribution is 5.46. The van der Waals surface area contributed by atoms with Crippen LogP contribution in [-0.2, 0) is 20.6 Å². The standard InChI is InChI=1S/C23H25N7O4/c1-26-21(32)11-19(29(22(26)33)13-16-7-4-3-6-15(16)12-24)30-18(10-20(31)27(2)23(30)34)28-9-5-8-17(25)14-28/h3-4,6-7,10-11,17H,5,8-9,13-14,25H2,1-2H3/t17-/m1/s1. The van der Waals surface area contributed by atoms with Crippen LogP contribution in [0.15, 0.2) is 55.6 Å². The highest BCUT2D eigenvalue weighted by Crippen LogP contribution is 2.20. The highest BCUT2D eigenvalue weighted by Gasteiger charge is 2.24. The molecule has 3 aromatic rings. The molecule has 0 amide bonds. The average Bonchev–Trinajstić information content (AvgIpc) is 2.83. The Morgan fingerprint density at radius 3 is 2.32 bits per heavy atom. The molecule has 0 radical (unpaired) electrons. The lowest BCUT2D eigenvalue weighted by Gasteiger charge is -2.34. The summed E-state index contributed by atoms with van der Waals surface area (Å²) in [6.45, 7) is 0.922. The van der Waals surface area contributed by atoms with E-state index in [4.69, 9.17) is 5.73 Å². The van der Waals surface area contributed by atoms with Gasteiger partial charge in [-0.3, -0.25) is 23.3 Å². The molecule has 1 aromatic carbocycles. The fraction of sp³-hybridized carbons (Fsp3) is 0.348. The number of rotatable bonds is 4. The Morgan fingerprint density at radius 1 is 1.00 bits per heavy atom. The van der Waals surface area contributed by atoms with Gasteiger partial charge in [0, 0.05) is 45.4 Å². The maximum Gasteiger partial charge on any atom is 0.338 e. The Kier molecular flexibility index (Phi) is 6.08. The van der Waals surface area contributed by atoms with E-state index in [1.165, 1.54) is 35.4 Å². The molecule has 0 bridgehead atoms. The Morgan fingerprint density at radius 2 is 1.65 bits per heavy atom. The largest absolute Gasteiger partial charge is 0.356 e. The van der Waals surface area contributed by atoms with Crippen LogP contribution in [0.25, 0.3) is 5.82 Å². The Balaban J connectivity index is 2.04. The summed E-state index contributed by atoms with van der Waals surface area (Å²) in [7, 11) is 2.68. The van der Waals surface area contributed by atoms with Crippen molar-refractivity contribution in [2.75, 3.05) is 18.0 Å². The second kappa shape index (κ2) is 8.99. The van der Waals surface area contributed by atoms with E-state index in [1.807, 2.05) is 4.90 Å². The molecule has 11 nitrogen and oxygen atoms in total. The van der Waals surface area contributed by atoms with Gasteiger partial charge in [-0.05, 0) is 24.5 Å². The van der Waals surface area contributed by atoms with Gasteiger partial charge in [-0.25, -0.2) is 14.2 Å². The molecular formula is C23H25N7O4. The van der Waals surface area contributed by atoms with Gasteiger partial charge in [0.1, 0.15) is 11.6 Å². The Bertz CT molecular complexity index is 1540. The lowest BCUT2D eigenvalue weighted by atomic mass is 10.1. The molecule has 11 heteroatoms. The van der Waals surface area contributed by atoms with E-state index < -0.39 is 22.5 Å². The van der Waals surface area contributed by atoms with Crippen molar-refractivity contribution in [3.05, 3.63) is 89.2 Å². The molecule has 176 valence electrons. The van der Waals surface area contributed by atoms with Crippen LogP contribution < -0.4 is 33.1 Å². The van der Waals surface area contributed by atoms with Gasteiger partial charge in [0.15, 0.2) is 0 Å². The van der Waals surface area contributed by atoms with Crippen LogP contribution in [0.2, 0.25) is 0 Å². The third kappa shape index (κ3) is 3.99. The quantitative estimate of drug-likeness (QED) is 0.536. The van der Waals surface area contributed by atoms with Crippen molar-refractivity contribution in [3.63, 3.8) is 0 Å². The van der Waals surface area contributed by atoms with Gasteiger partial charge < -0.3 is 10.6 Å². The zero-order valence-electron chi connectivity index (χ0n) is 19.0. The Hall–Kier alpha value is -4.17. The van der Waals surface area contributed by atoms with Gasteiger partial charge in [0.05, 0.1) is 18.2 Å². The summed E-state index contributed by atoms with van der Waals surface area (Å²) in [5.41, 5.74) is 4.58. The van der Waals surface area contributed by atoms with Gasteiger partial charge in [-0.1, -0.05) is 18.2 Å². The van der Waals surface area contributed by atoms with E-state index in [-0.39, 0.29) is 24.2 Å². The van der Waals surface area contributed by atoms with Gasteiger partial charge in [0.25, 0.3) is 11.1 Å². The van der Waals surface area contributed by atoms with Crippen molar-refractivity contribution in [2.24, 2.45) is 19.8 Å². The summed E-state index contributed by atoms with van der Waals surface area (Å²) in [4.78, 5) is 53.6. The predicted molar refractivity (Wildman–Crippen MR) is 126 cm³/mol. The molecule has 0 aliphatic carbocycles. The third-order valence-corrected chi connectivity index (χ3v) is 6.15. The smallest absolute Gasteiger partial charge is 0.338 e. The molecule has 34 heavy (non-hydrogen) atoms. The maximum atomic E-state index is 13.4. The third-order valence-electron chi connectivity index (χ3n) is 6.15. The van der Waals surface area contributed by atoms with Gasteiger partial charge in [-0.2, -0.15) is 5.26 Å². The van der Waals surface area contributed by atoms with Gasteiger partial charge in [0.2, 0.25) is 0 Å². The number of anilines is 1. The highest BCUT2D eigenvalue weighted by atomic mass is 16.2. The Labute approximate surface area is 194 Å². The monoisotopic (exact) mass is 463 g/mol. The van der Waals surface area contributed by atoms with Crippen LogP contribution >= 0.6 is 0 Å². The molecular weight excluding hydrogens is 438 g/mol. The summed E-state index contributed by atoms with van der Waals surface area (Å²) in [6, 6.07) is 11.2. The van der Waals surface area contributed by atoms with Crippen LogP contribution in [-0.4, -0.2) is 37.4 Å². The molecule has 2 aromatic heterocycles. The van der Waals surface area contributed by atoms with Crippen LogP contribution in [0, 0.1) is 11.3 Å². The van der Waals surface area contributed by atoms with E-state index in [1.54, 1.807) is 24.3 Å². The first-order chi connectivity index (χ1) is 16.2. The normalized spacial score (nSPS) is 15.8. The predicted octanol–water partition coefficient (Wildman–Crippen LogP) is -0.756. The molecule has 1 fully saturated rings. The summed E-state index contributed by atoms with van der Waals surface area (Å²) >= 11 is 0. The fourth-order valence-electron chi connectivity index (χ4n) is 4.21. The number of aromatic nitrogens is 4.